The summed E-state index contributed by atoms with van der Waals surface area (Å²) in [7, 11) is 1.44. The zero-order chi connectivity index (χ0) is 16.1. The average Bonchev–Trinajstić information content (AvgIpc) is 2.55. The smallest absolute Gasteiger partial charge is 0.203 e. The predicted molar refractivity (Wildman–Crippen MR) is 91.7 cm³/mol. The van der Waals surface area contributed by atoms with Gasteiger partial charge in [0.05, 0.1) is 10.7 Å². The van der Waals surface area contributed by atoms with Crippen molar-refractivity contribution in [3.05, 3.63) is 62.7 Å². The third kappa shape index (κ3) is 3.46. The van der Waals surface area contributed by atoms with E-state index < -0.39 is 0 Å². The Morgan fingerprint density at radius 1 is 1.32 bits per heavy atom. The fraction of sp³-hybridized carbons (Fsp3) is 0.0588. The molecule has 2 aromatic carbocycles. The number of benzene rings is 2. The number of Topliss-reactive ketones (excluding diaryl/α,β-unsaturated/α-hetero) is 1. The molecule has 0 aromatic heterocycles. The van der Waals surface area contributed by atoms with Gasteiger partial charge in [-0.25, -0.2) is 0 Å². The zero-order valence-corrected chi connectivity index (χ0v) is 13.9. The Balaban J connectivity index is 2.44. The van der Waals surface area contributed by atoms with Crippen molar-refractivity contribution in [2.75, 3.05) is 7.11 Å². The van der Waals surface area contributed by atoms with Crippen LogP contribution in [0.5, 0.6) is 11.5 Å². The molecule has 2 rings (SSSR count). The SMILES string of the molecule is COc1cc(C=C(C#N)C(=O)c2ccccc2)cc(I)c1O. The van der Waals surface area contributed by atoms with Crippen molar-refractivity contribution in [3.63, 3.8) is 0 Å². The van der Waals surface area contributed by atoms with Gasteiger partial charge in [0, 0.05) is 5.56 Å². The molecule has 22 heavy (non-hydrogen) atoms. The lowest BCUT2D eigenvalue weighted by Gasteiger charge is -2.07. The van der Waals surface area contributed by atoms with Gasteiger partial charge in [-0.05, 0) is 46.4 Å². The monoisotopic (exact) mass is 405 g/mol. The van der Waals surface area contributed by atoms with Gasteiger partial charge in [-0.2, -0.15) is 5.26 Å². The number of hydrogen-bond acceptors (Lipinski definition) is 4. The number of nitriles is 1. The van der Waals surface area contributed by atoms with Gasteiger partial charge in [-0.3, -0.25) is 4.79 Å². The van der Waals surface area contributed by atoms with Gasteiger partial charge in [0.2, 0.25) is 5.78 Å². The fourth-order valence-electron chi connectivity index (χ4n) is 1.89. The van der Waals surface area contributed by atoms with Crippen molar-refractivity contribution >= 4 is 34.5 Å². The van der Waals surface area contributed by atoms with E-state index in [4.69, 9.17) is 4.74 Å². The summed E-state index contributed by atoms with van der Waals surface area (Å²) in [5, 5.41) is 19.1. The van der Waals surface area contributed by atoms with E-state index in [1.165, 1.54) is 13.2 Å². The highest BCUT2D eigenvalue weighted by Crippen LogP contribution is 2.33. The third-order valence-corrected chi connectivity index (χ3v) is 3.81. The highest BCUT2D eigenvalue weighted by Gasteiger charge is 2.13. The van der Waals surface area contributed by atoms with Gasteiger partial charge in [-0.1, -0.05) is 30.3 Å². The fourth-order valence-corrected chi connectivity index (χ4v) is 2.52. The number of halogens is 1. The summed E-state index contributed by atoms with van der Waals surface area (Å²) in [6.45, 7) is 0. The summed E-state index contributed by atoms with van der Waals surface area (Å²) >= 11 is 1.96. The van der Waals surface area contributed by atoms with E-state index in [0.29, 0.717) is 20.4 Å². The summed E-state index contributed by atoms with van der Waals surface area (Å²) in [6, 6.07) is 13.8. The minimum absolute atomic E-state index is 0.0229. The van der Waals surface area contributed by atoms with Crippen LogP contribution in [-0.4, -0.2) is 18.0 Å². The van der Waals surface area contributed by atoms with Gasteiger partial charge in [0.25, 0.3) is 0 Å². The Bertz CT molecular complexity index is 776. The van der Waals surface area contributed by atoms with Gasteiger partial charge in [-0.15, -0.1) is 0 Å². The van der Waals surface area contributed by atoms with Gasteiger partial charge < -0.3 is 9.84 Å². The molecule has 0 saturated heterocycles. The number of allylic oxidation sites excluding steroid dienone is 1. The predicted octanol–water partition coefficient (Wildman–Crippen LogP) is 3.80. The van der Waals surface area contributed by atoms with Crippen LogP contribution in [0.1, 0.15) is 15.9 Å². The Morgan fingerprint density at radius 3 is 2.59 bits per heavy atom. The van der Waals surface area contributed by atoms with Crippen LogP contribution in [0.3, 0.4) is 0 Å². The molecule has 0 saturated carbocycles. The Labute approximate surface area is 141 Å². The first kappa shape index (κ1) is 16.0. The Hall–Kier alpha value is -2.33. The molecular formula is C17H12INO3. The number of phenolic OH excluding ortho intramolecular Hbond substituents is 1. The molecule has 0 atom stereocenters. The molecule has 0 unspecified atom stereocenters. The second-order valence-electron chi connectivity index (χ2n) is 4.42. The van der Waals surface area contributed by atoms with Gasteiger partial charge in [0.15, 0.2) is 11.5 Å². The molecule has 0 radical (unpaired) electrons. The number of carbonyl (C=O) groups excluding carboxylic acids is 1. The van der Waals surface area contributed by atoms with Crippen LogP contribution < -0.4 is 4.74 Å². The molecule has 0 aliphatic heterocycles. The standard InChI is InChI=1S/C17H12INO3/c1-22-15-9-11(8-14(18)17(15)21)7-13(10-19)16(20)12-5-3-2-4-6-12/h2-9,21H,1H3. The summed E-state index contributed by atoms with van der Waals surface area (Å²) in [5.41, 5.74) is 1.09. The molecule has 0 bridgehead atoms. The minimum atomic E-state index is -0.342. The Morgan fingerprint density at radius 2 is 2.00 bits per heavy atom. The zero-order valence-electron chi connectivity index (χ0n) is 11.7. The summed E-state index contributed by atoms with van der Waals surface area (Å²) in [5.74, 6) is -0.0131. The number of ketones is 1. The number of aromatic hydroxyl groups is 1. The third-order valence-electron chi connectivity index (χ3n) is 2.98. The van der Waals surface area contributed by atoms with Crippen LogP contribution in [0, 0.1) is 14.9 Å². The number of carbonyl (C=O) groups is 1. The molecule has 0 fully saturated rings. The highest BCUT2D eigenvalue weighted by atomic mass is 127. The van der Waals surface area contributed by atoms with Gasteiger partial charge >= 0.3 is 0 Å². The van der Waals surface area contributed by atoms with Crippen molar-refractivity contribution in [1.29, 1.82) is 5.26 Å². The van der Waals surface area contributed by atoms with Crippen molar-refractivity contribution in [1.82, 2.24) is 0 Å². The molecule has 0 heterocycles. The summed E-state index contributed by atoms with van der Waals surface area (Å²) in [4.78, 5) is 12.3. The molecule has 0 aliphatic carbocycles. The van der Waals surface area contributed by atoms with E-state index in [2.05, 4.69) is 0 Å². The maximum Gasteiger partial charge on any atom is 0.203 e. The lowest BCUT2D eigenvalue weighted by atomic mass is 10.0. The van der Waals surface area contributed by atoms with E-state index in [1.54, 1.807) is 42.5 Å². The number of methoxy groups -OCH3 is 1. The first-order valence-corrected chi connectivity index (χ1v) is 7.42. The van der Waals surface area contributed by atoms with Crippen LogP contribution in [0.25, 0.3) is 6.08 Å². The van der Waals surface area contributed by atoms with Crippen LogP contribution >= 0.6 is 22.6 Å². The molecule has 4 nitrogen and oxygen atoms in total. The molecule has 0 amide bonds. The summed E-state index contributed by atoms with van der Waals surface area (Å²) in [6.07, 6.45) is 1.49. The quantitative estimate of drug-likeness (QED) is 0.364. The number of ether oxygens (including phenoxy) is 1. The molecule has 2 aromatic rings. The number of rotatable bonds is 4. The van der Waals surface area contributed by atoms with Crippen molar-refractivity contribution in [3.8, 4) is 17.6 Å². The maximum absolute atomic E-state index is 12.3. The number of nitrogens with zero attached hydrogens (tertiary/aromatic N) is 1. The van der Waals surface area contributed by atoms with E-state index in [-0.39, 0.29) is 17.1 Å². The lowest BCUT2D eigenvalue weighted by molar-refractivity contribution is 0.104. The van der Waals surface area contributed by atoms with Crippen LogP contribution in [-0.2, 0) is 0 Å². The van der Waals surface area contributed by atoms with E-state index in [9.17, 15) is 15.2 Å². The van der Waals surface area contributed by atoms with Crippen LogP contribution in [0.15, 0.2) is 48.0 Å². The number of hydrogen-bond donors (Lipinski definition) is 1. The molecule has 0 spiro atoms. The van der Waals surface area contributed by atoms with Crippen LogP contribution in [0.2, 0.25) is 0 Å². The second-order valence-corrected chi connectivity index (χ2v) is 5.58. The van der Waals surface area contributed by atoms with Crippen molar-refractivity contribution in [2.45, 2.75) is 0 Å². The first-order chi connectivity index (χ1) is 10.6. The largest absolute Gasteiger partial charge is 0.504 e. The number of phenols is 1. The lowest BCUT2D eigenvalue weighted by Crippen LogP contribution is -2.01. The molecule has 5 heteroatoms. The minimum Gasteiger partial charge on any atom is -0.504 e. The van der Waals surface area contributed by atoms with Crippen LogP contribution in [0.4, 0.5) is 0 Å². The van der Waals surface area contributed by atoms with Crippen molar-refractivity contribution < 1.29 is 14.6 Å². The maximum atomic E-state index is 12.3. The molecular weight excluding hydrogens is 393 g/mol. The Kier molecular flexibility index (Phi) is 5.17. The topological polar surface area (TPSA) is 70.3 Å². The van der Waals surface area contributed by atoms with Crippen molar-refractivity contribution in [2.24, 2.45) is 0 Å². The molecule has 0 aliphatic rings. The van der Waals surface area contributed by atoms with E-state index in [1.807, 2.05) is 28.7 Å². The molecule has 110 valence electrons. The first-order valence-electron chi connectivity index (χ1n) is 6.35. The summed E-state index contributed by atoms with van der Waals surface area (Å²) < 4.78 is 5.65. The van der Waals surface area contributed by atoms with E-state index >= 15 is 0 Å². The normalized spacial score (nSPS) is 10.9. The van der Waals surface area contributed by atoms with E-state index in [0.717, 1.165) is 0 Å². The second kappa shape index (κ2) is 7.09. The highest BCUT2D eigenvalue weighted by molar-refractivity contribution is 14.1. The van der Waals surface area contributed by atoms with Gasteiger partial charge in [0.1, 0.15) is 11.6 Å². The average molecular weight is 405 g/mol. The molecule has 1 N–H and O–H groups in total.